The van der Waals surface area contributed by atoms with Crippen LogP contribution in [0.4, 0.5) is 0 Å². The first-order valence-corrected chi connectivity index (χ1v) is 7.53. The van der Waals surface area contributed by atoms with Crippen molar-refractivity contribution < 1.29 is 4.79 Å². The van der Waals surface area contributed by atoms with Crippen molar-refractivity contribution in [2.24, 2.45) is 7.05 Å². The van der Waals surface area contributed by atoms with Crippen molar-refractivity contribution >= 4 is 44.4 Å². The van der Waals surface area contributed by atoms with Crippen molar-refractivity contribution in [2.75, 3.05) is 7.05 Å². The van der Waals surface area contributed by atoms with Gasteiger partial charge in [-0.3, -0.25) is 4.79 Å². The van der Waals surface area contributed by atoms with Gasteiger partial charge in [0.1, 0.15) is 5.82 Å². The second-order valence-electron chi connectivity index (χ2n) is 4.24. The van der Waals surface area contributed by atoms with E-state index in [0.29, 0.717) is 12.1 Å². The Morgan fingerprint density at radius 2 is 2.26 bits per heavy atom. The summed E-state index contributed by atoms with van der Waals surface area (Å²) >= 11 is 5.57. The third kappa shape index (κ3) is 3.36. The molecular formula is C13H13BrIN3O. The number of aryl methyl sites for hydroxylation is 1. The molecule has 0 unspecified atom stereocenters. The molecule has 0 spiro atoms. The van der Waals surface area contributed by atoms with Gasteiger partial charge in [0.2, 0.25) is 0 Å². The van der Waals surface area contributed by atoms with Gasteiger partial charge in [-0.15, -0.1) is 0 Å². The summed E-state index contributed by atoms with van der Waals surface area (Å²) < 4.78 is 3.76. The maximum atomic E-state index is 12.4. The predicted octanol–water partition coefficient (Wildman–Crippen LogP) is 3.06. The number of amides is 1. The monoisotopic (exact) mass is 433 g/mol. The minimum atomic E-state index is -0.00583. The maximum Gasteiger partial charge on any atom is 0.255 e. The normalized spacial score (nSPS) is 10.5. The third-order valence-electron chi connectivity index (χ3n) is 2.81. The fourth-order valence-corrected chi connectivity index (χ4v) is 2.63. The summed E-state index contributed by atoms with van der Waals surface area (Å²) in [6, 6.07) is 5.70. The molecule has 0 fully saturated rings. The van der Waals surface area contributed by atoms with Gasteiger partial charge in [0.05, 0.1) is 12.1 Å². The van der Waals surface area contributed by atoms with Crippen LogP contribution < -0.4 is 0 Å². The maximum absolute atomic E-state index is 12.4. The molecule has 0 N–H and O–H groups in total. The number of carbonyl (C=O) groups excluding carboxylic acids is 1. The quantitative estimate of drug-likeness (QED) is 0.697. The lowest BCUT2D eigenvalue weighted by Gasteiger charge is -2.18. The zero-order valence-corrected chi connectivity index (χ0v) is 14.3. The minimum absolute atomic E-state index is 0.00583. The Labute approximate surface area is 134 Å². The van der Waals surface area contributed by atoms with Crippen molar-refractivity contribution in [3.05, 3.63) is 50.0 Å². The largest absolute Gasteiger partial charge is 0.337 e. The number of hydrogen-bond acceptors (Lipinski definition) is 2. The van der Waals surface area contributed by atoms with Crippen LogP contribution in [0.5, 0.6) is 0 Å². The summed E-state index contributed by atoms with van der Waals surface area (Å²) in [5, 5.41) is 0. The molecule has 0 bridgehead atoms. The predicted molar refractivity (Wildman–Crippen MR) is 85.9 cm³/mol. The highest BCUT2D eigenvalue weighted by molar-refractivity contribution is 14.1. The van der Waals surface area contributed by atoms with Gasteiger partial charge in [-0.1, -0.05) is 15.9 Å². The Balaban J connectivity index is 2.19. The van der Waals surface area contributed by atoms with E-state index in [9.17, 15) is 4.79 Å². The standard InChI is InChI=1S/C13H13BrIN3O/c1-17-6-5-16-12(17)8-18(2)13(19)10-7-9(14)3-4-11(10)15/h3-7H,8H2,1-2H3. The zero-order valence-electron chi connectivity index (χ0n) is 10.6. The van der Waals surface area contributed by atoms with E-state index in [2.05, 4.69) is 43.5 Å². The summed E-state index contributed by atoms with van der Waals surface area (Å²) in [5.74, 6) is 0.856. The molecule has 0 aliphatic heterocycles. The van der Waals surface area contributed by atoms with E-state index in [1.807, 2.05) is 36.0 Å². The van der Waals surface area contributed by atoms with Crippen molar-refractivity contribution in [1.29, 1.82) is 0 Å². The fraction of sp³-hybridized carbons (Fsp3) is 0.231. The van der Waals surface area contributed by atoms with E-state index < -0.39 is 0 Å². The van der Waals surface area contributed by atoms with Gasteiger partial charge in [0.15, 0.2) is 0 Å². The van der Waals surface area contributed by atoms with Crippen LogP contribution in [0.1, 0.15) is 16.2 Å². The molecular weight excluding hydrogens is 421 g/mol. The van der Waals surface area contributed by atoms with Gasteiger partial charge in [-0.2, -0.15) is 0 Å². The average Bonchev–Trinajstić information content (AvgIpc) is 2.77. The highest BCUT2D eigenvalue weighted by Crippen LogP contribution is 2.20. The summed E-state index contributed by atoms with van der Waals surface area (Å²) in [7, 11) is 3.71. The lowest BCUT2D eigenvalue weighted by Crippen LogP contribution is -2.28. The average molecular weight is 434 g/mol. The molecule has 2 rings (SSSR count). The molecule has 1 aromatic carbocycles. The number of rotatable bonds is 3. The Morgan fingerprint density at radius 3 is 2.89 bits per heavy atom. The lowest BCUT2D eigenvalue weighted by molar-refractivity contribution is 0.0779. The van der Waals surface area contributed by atoms with Crippen molar-refractivity contribution in [3.8, 4) is 0 Å². The number of hydrogen-bond donors (Lipinski definition) is 0. The molecule has 0 radical (unpaired) electrons. The summed E-state index contributed by atoms with van der Waals surface area (Å²) in [5.41, 5.74) is 0.701. The molecule has 6 heteroatoms. The first kappa shape index (κ1) is 14.5. The summed E-state index contributed by atoms with van der Waals surface area (Å²) in [6.45, 7) is 0.491. The highest BCUT2D eigenvalue weighted by Gasteiger charge is 2.16. The van der Waals surface area contributed by atoms with Crippen molar-refractivity contribution in [1.82, 2.24) is 14.5 Å². The second-order valence-corrected chi connectivity index (χ2v) is 6.32. The SMILES string of the molecule is CN(Cc1nccn1C)C(=O)c1cc(Br)ccc1I. The van der Waals surface area contributed by atoms with Crippen molar-refractivity contribution in [3.63, 3.8) is 0 Å². The number of imidazole rings is 1. The first-order chi connectivity index (χ1) is 8.99. The topological polar surface area (TPSA) is 38.1 Å². The van der Waals surface area contributed by atoms with E-state index in [4.69, 9.17) is 0 Å². The van der Waals surface area contributed by atoms with Gasteiger partial charge in [-0.05, 0) is 40.8 Å². The van der Waals surface area contributed by atoms with Crippen LogP contribution in [-0.4, -0.2) is 27.4 Å². The van der Waals surface area contributed by atoms with Crippen molar-refractivity contribution in [2.45, 2.75) is 6.54 Å². The molecule has 0 aliphatic carbocycles. The summed E-state index contributed by atoms with van der Waals surface area (Å²) in [6.07, 6.45) is 3.60. The third-order valence-corrected chi connectivity index (χ3v) is 4.24. The molecule has 0 aliphatic rings. The molecule has 1 heterocycles. The van der Waals surface area contributed by atoms with Crippen LogP contribution in [0.3, 0.4) is 0 Å². The Kier molecular flexibility index (Phi) is 4.62. The zero-order chi connectivity index (χ0) is 14.0. The second kappa shape index (κ2) is 6.04. The van der Waals surface area contributed by atoms with Crippen LogP contribution in [-0.2, 0) is 13.6 Å². The van der Waals surface area contributed by atoms with Gasteiger partial charge in [0.25, 0.3) is 5.91 Å². The molecule has 0 saturated heterocycles. The van der Waals surface area contributed by atoms with E-state index in [1.54, 1.807) is 18.1 Å². The van der Waals surface area contributed by atoms with Crippen LogP contribution in [0.15, 0.2) is 35.1 Å². The molecule has 4 nitrogen and oxygen atoms in total. The lowest BCUT2D eigenvalue weighted by atomic mass is 10.2. The fourth-order valence-electron chi connectivity index (χ4n) is 1.70. The van der Waals surface area contributed by atoms with E-state index in [0.717, 1.165) is 13.9 Å². The van der Waals surface area contributed by atoms with Crippen LogP contribution >= 0.6 is 38.5 Å². The molecule has 2 aromatic rings. The molecule has 0 atom stereocenters. The molecule has 19 heavy (non-hydrogen) atoms. The van der Waals surface area contributed by atoms with Gasteiger partial charge in [0, 0.05) is 34.5 Å². The number of carbonyl (C=O) groups is 1. The van der Waals surface area contributed by atoms with E-state index >= 15 is 0 Å². The summed E-state index contributed by atoms with van der Waals surface area (Å²) in [4.78, 5) is 18.3. The van der Waals surface area contributed by atoms with Crippen LogP contribution in [0.2, 0.25) is 0 Å². The van der Waals surface area contributed by atoms with Crippen LogP contribution in [0, 0.1) is 3.57 Å². The Hall–Kier alpha value is -0.890. The van der Waals surface area contributed by atoms with Gasteiger partial charge >= 0.3 is 0 Å². The minimum Gasteiger partial charge on any atom is -0.337 e. The van der Waals surface area contributed by atoms with E-state index in [-0.39, 0.29) is 5.91 Å². The van der Waals surface area contributed by atoms with Crippen LogP contribution in [0.25, 0.3) is 0 Å². The smallest absolute Gasteiger partial charge is 0.255 e. The molecule has 1 aromatic heterocycles. The number of aromatic nitrogens is 2. The number of halogens is 2. The molecule has 100 valence electrons. The number of nitrogens with zero attached hydrogens (tertiary/aromatic N) is 3. The van der Waals surface area contributed by atoms with Gasteiger partial charge < -0.3 is 9.47 Å². The first-order valence-electron chi connectivity index (χ1n) is 5.65. The number of benzene rings is 1. The Morgan fingerprint density at radius 1 is 1.53 bits per heavy atom. The van der Waals surface area contributed by atoms with Gasteiger partial charge in [-0.25, -0.2) is 4.98 Å². The highest BCUT2D eigenvalue weighted by atomic mass is 127. The Bertz CT molecular complexity index is 612. The molecule has 0 saturated carbocycles. The van der Waals surface area contributed by atoms with E-state index in [1.165, 1.54) is 0 Å². The molecule has 1 amide bonds.